The van der Waals surface area contributed by atoms with Crippen molar-refractivity contribution in [1.29, 1.82) is 0 Å². The lowest BCUT2D eigenvalue weighted by molar-refractivity contribution is -0.128. The quantitative estimate of drug-likeness (QED) is 0.420. The lowest BCUT2D eigenvalue weighted by Crippen LogP contribution is -2.41. The normalized spacial score (nSPS) is 27.9. The summed E-state index contributed by atoms with van der Waals surface area (Å²) >= 11 is 0. The zero-order valence-electron chi connectivity index (χ0n) is 19.7. The van der Waals surface area contributed by atoms with Crippen molar-refractivity contribution in [3.8, 4) is 17.4 Å². The monoisotopic (exact) mass is 543 g/mol. The minimum absolute atomic E-state index is 0.0182. The van der Waals surface area contributed by atoms with Gasteiger partial charge in [0.2, 0.25) is 5.88 Å². The second-order valence-electron chi connectivity index (χ2n) is 10.1. The van der Waals surface area contributed by atoms with Crippen molar-refractivity contribution in [3.63, 3.8) is 0 Å². The van der Waals surface area contributed by atoms with Gasteiger partial charge in [-0.15, -0.1) is 0 Å². The number of alkyl halides is 3. The van der Waals surface area contributed by atoms with E-state index in [0.717, 1.165) is 12.8 Å². The molecule has 1 saturated carbocycles. The van der Waals surface area contributed by atoms with Gasteiger partial charge in [0.05, 0.1) is 41.9 Å². The second-order valence-corrected chi connectivity index (χ2v) is 11.7. The fourth-order valence-corrected chi connectivity index (χ4v) is 6.49. The number of nitrogens with zero attached hydrogens (tertiary/aromatic N) is 3. The molecular formula is C23H24F3N3O7S. The Morgan fingerprint density at radius 2 is 1.73 bits per heavy atom. The van der Waals surface area contributed by atoms with Crippen LogP contribution in [-0.4, -0.2) is 54.7 Å². The van der Waals surface area contributed by atoms with Gasteiger partial charge in [-0.25, -0.2) is 4.98 Å². The topological polar surface area (TPSA) is 131 Å². The van der Waals surface area contributed by atoms with Gasteiger partial charge in [0.25, 0.3) is 0 Å². The van der Waals surface area contributed by atoms with E-state index in [9.17, 15) is 26.4 Å². The van der Waals surface area contributed by atoms with Crippen molar-refractivity contribution >= 4 is 15.9 Å². The Morgan fingerprint density at radius 3 is 2.46 bits per heavy atom. The Bertz CT molecular complexity index is 1370. The molecule has 2 aliphatic carbocycles. The SMILES string of the molecule is O=C1CCCC[C@@]12CCCc1c(-c3nc(OS(=O)(=O)C(F)(F)F)c4c(n3)C3(CCOC3)COC4)noc12. The van der Waals surface area contributed by atoms with Gasteiger partial charge in [-0.1, -0.05) is 11.6 Å². The number of rotatable bonds is 3. The Morgan fingerprint density at radius 1 is 0.946 bits per heavy atom. The molecular weight excluding hydrogens is 519 g/mol. The highest BCUT2D eigenvalue weighted by molar-refractivity contribution is 7.87. The molecule has 14 heteroatoms. The van der Waals surface area contributed by atoms with Crippen molar-refractivity contribution in [2.24, 2.45) is 0 Å². The first-order valence-electron chi connectivity index (χ1n) is 12.2. The number of carbonyl (C=O) groups excluding carboxylic acids is 1. The summed E-state index contributed by atoms with van der Waals surface area (Å²) in [7, 11) is -6.02. The Kier molecular flexibility index (Phi) is 5.66. The van der Waals surface area contributed by atoms with Crippen LogP contribution in [0, 0.1) is 0 Å². The number of ketones is 1. The highest BCUT2D eigenvalue weighted by Crippen LogP contribution is 2.48. The number of carbonyl (C=O) groups is 1. The summed E-state index contributed by atoms with van der Waals surface area (Å²) in [6.45, 7) is 0.532. The molecule has 2 aromatic heterocycles. The third kappa shape index (κ3) is 3.78. The van der Waals surface area contributed by atoms with Crippen molar-refractivity contribution in [1.82, 2.24) is 15.1 Å². The van der Waals surface area contributed by atoms with E-state index in [1.165, 1.54) is 0 Å². The van der Waals surface area contributed by atoms with Gasteiger partial charge in [-0.05, 0) is 38.5 Å². The van der Waals surface area contributed by atoms with Gasteiger partial charge in [-0.2, -0.15) is 26.6 Å². The predicted octanol–water partition coefficient (Wildman–Crippen LogP) is 3.27. The molecule has 0 N–H and O–H groups in total. The summed E-state index contributed by atoms with van der Waals surface area (Å²) in [5.41, 5.74) is -6.11. The van der Waals surface area contributed by atoms with E-state index in [-0.39, 0.29) is 42.7 Å². The molecule has 4 aliphatic rings. The zero-order valence-corrected chi connectivity index (χ0v) is 20.5. The molecule has 2 aromatic rings. The first-order valence-corrected chi connectivity index (χ1v) is 13.6. The maximum absolute atomic E-state index is 13.2. The van der Waals surface area contributed by atoms with Crippen LogP contribution in [0.4, 0.5) is 13.2 Å². The molecule has 0 amide bonds. The molecule has 37 heavy (non-hydrogen) atoms. The Balaban J connectivity index is 1.52. The molecule has 200 valence electrons. The molecule has 2 atom stereocenters. The molecule has 0 bridgehead atoms. The molecule has 0 aromatic carbocycles. The third-order valence-corrected chi connectivity index (χ3v) is 8.87. The minimum atomic E-state index is -6.02. The van der Waals surface area contributed by atoms with Crippen LogP contribution in [0.2, 0.25) is 0 Å². The van der Waals surface area contributed by atoms with E-state index < -0.39 is 32.3 Å². The van der Waals surface area contributed by atoms with Crippen LogP contribution in [0.15, 0.2) is 4.52 Å². The predicted molar refractivity (Wildman–Crippen MR) is 118 cm³/mol. The average molecular weight is 544 g/mol. The molecule has 4 heterocycles. The van der Waals surface area contributed by atoms with Gasteiger partial charge < -0.3 is 18.2 Å². The van der Waals surface area contributed by atoms with Gasteiger partial charge in [0.15, 0.2) is 17.3 Å². The average Bonchev–Trinajstić information content (AvgIpc) is 3.49. The molecule has 6 rings (SSSR count). The van der Waals surface area contributed by atoms with E-state index in [0.29, 0.717) is 62.1 Å². The standard InChI is InChI=1S/C23H24F3N3O7S/c24-23(25,26)37(31,32)36-20-14-10-34-12-21(8-9-33-11-21)17(14)27-19(28-20)16-13-4-3-7-22(18(13)35-29-16)6-2-1-5-15(22)30/h1-12H2/t21?,22-/m1/s1. The molecule has 10 nitrogen and oxygen atoms in total. The number of Topliss-reactive ketones (excluding diaryl/α,β-unsaturated/α-hetero) is 1. The van der Waals surface area contributed by atoms with Gasteiger partial charge >= 0.3 is 15.6 Å². The maximum atomic E-state index is 13.2. The number of hydrogen-bond acceptors (Lipinski definition) is 10. The largest absolute Gasteiger partial charge is 0.534 e. The lowest BCUT2D eigenvalue weighted by atomic mass is 9.64. The lowest BCUT2D eigenvalue weighted by Gasteiger charge is -2.36. The van der Waals surface area contributed by atoms with Crippen molar-refractivity contribution in [2.45, 2.75) is 74.3 Å². The Hall–Kier alpha value is -2.58. The van der Waals surface area contributed by atoms with Crippen molar-refractivity contribution in [3.05, 3.63) is 22.6 Å². The molecule has 2 aliphatic heterocycles. The molecule has 1 saturated heterocycles. The summed E-state index contributed by atoms with van der Waals surface area (Å²) in [6, 6.07) is 0. The molecule has 2 fully saturated rings. The number of aromatic nitrogens is 3. The minimum Gasteiger partial charge on any atom is -0.380 e. The van der Waals surface area contributed by atoms with E-state index in [4.69, 9.17) is 14.0 Å². The second kappa shape index (κ2) is 8.46. The number of ether oxygens (including phenoxy) is 2. The fraction of sp³-hybridized carbons (Fsp3) is 0.652. The van der Waals surface area contributed by atoms with Gasteiger partial charge in [0.1, 0.15) is 5.78 Å². The first-order chi connectivity index (χ1) is 17.6. The summed E-state index contributed by atoms with van der Waals surface area (Å²) in [6.07, 6.45) is 5.06. The van der Waals surface area contributed by atoms with Crippen LogP contribution in [0.5, 0.6) is 5.88 Å². The zero-order chi connectivity index (χ0) is 26.1. The van der Waals surface area contributed by atoms with Crippen molar-refractivity contribution in [2.75, 3.05) is 19.8 Å². The summed E-state index contributed by atoms with van der Waals surface area (Å²) < 4.78 is 84.9. The van der Waals surface area contributed by atoms with Crippen LogP contribution in [0.3, 0.4) is 0 Å². The van der Waals surface area contributed by atoms with E-state index >= 15 is 0 Å². The summed E-state index contributed by atoms with van der Waals surface area (Å²) in [5.74, 6) is -0.343. The van der Waals surface area contributed by atoms with Gasteiger partial charge in [0, 0.05) is 18.6 Å². The molecule has 0 radical (unpaired) electrons. The third-order valence-electron chi connectivity index (χ3n) is 7.93. The Labute approximate surface area is 210 Å². The van der Waals surface area contributed by atoms with E-state index in [1.807, 2.05) is 0 Å². The number of fused-ring (bicyclic) bond motifs is 4. The highest BCUT2D eigenvalue weighted by Gasteiger charge is 2.52. The van der Waals surface area contributed by atoms with Gasteiger partial charge in [-0.3, -0.25) is 4.79 Å². The van der Waals surface area contributed by atoms with Crippen LogP contribution in [0.25, 0.3) is 11.5 Å². The van der Waals surface area contributed by atoms with Crippen LogP contribution in [0.1, 0.15) is 67.5 Å². The highest BCUT2D eigenvalue weighted by atomic mass is 32.2. The van der Waals surface area contributed by atoms with Crippen LogP contribution < -0.4 is 4.18 Å². The fourth-order valence-electron chi connectivity index (χ4n) is 6.05. The van der Waals surface area contributed by atoms with E-state index in [1.54, 1.807) is 0 Å². The maximum Gasteiger partial charge on any atom is 0.534 e. The number of halogens is 3. The van der Waals surface area contributed by atoms with Crippen molar-refractivity contribution < 1.29 is 44.6 Å². The van der Waals surface area contributed by atoms with Crippen LogP contribution >= 0.6 is 0 Å². The van der Waals surface area contributed by atoms with Crippen LogP contribution in [-0.2, 0) is 48.2 Å². The number of hydrogen-bond donors (Lipinski definition) is 0. The first kappa shape index (κ1) is 24.7. The molecule has 2 spiro atoms. The molecule has 1 unspecified atom stereocenters. The smallest absolute Gasteiger partial charge is 0.380 e. The van der Waals surface area contributed by atoms with E-state index in [2.05, 4.69) is 19.3 Å². The summed E-state index contributed by atoms with van der Waals surface area (Å²) in [5, 5.41) is 4.16. The summed E-state index contributed by atoms with van der Waals surface area (Å²) in [4.78, 5) is 21.8.